The second-order valence-corrected chi connectivity index (χ2v) is 5.08. The summed E-state index contributed by atoms with van der Waals surface area (Å²) in [6.07, 6.45) is -4.14. The van der Waals surface area contributed by atoms with Crippen LogP contribution in [0.15, 0.2) is 36.7 Å². The van der Waals surface area contributed by atoms with E-state index in [1.54, 1.807) is 0 Å². The van der Waals surface area contributed by atoms with Crippen LogP contribution < -0.4 is 10.9 Å². The lowest BCUT2D eigenvalue weighted by atomic mass is 9.97. The van der Waals surface area contributed by atoms with Crippen LogP contribution in [0.1, 0.15) is 12.2 Å². The molecular weight excluding hydrogens is 332 g/mol. The number of hydrogen-bond donors (Lipinski definition) is 3. The molecule has 6 nitrogen and oxygen atoms in total. The van der Waals surface area contributed by atoms with Crippen LogP contribution in [0.4, 0.5) is 23.2 Å². The van der Waals surface area contributed by atoms with Crippen molar-refractivity contribution in [3.8, 4) is 0 Å². The van der Waals surface area contributed by atoms with Gasteiger partial charge in [-0.15, -0.1) is 0 Å². The van der Waals surface area contributed by atoms with Gasteiger partial charge in [-0.3, -0.25) is 15.6 Å². The van der Waals surface area contributed by atoms with E-state index >= 15 is 0 Å². The van der Waals surface area contributed by atoms with Gasteiger partial charge in [0, 0.05) is 19.4 Å². The number of hydrazine groups is 1. The zero-order valence-corrected chi connectivity index (χ0v) is 12.4. The average Bonchev–Trinajstić information content (AvgIpc) is 2.90. The summed E-state index contributed by atoms with van der Waals surface area (Å²) in [7, 11) is 1.27. The van der Waals surface area contributed by atoms with Crippen LogP contribution in [0.2, 0.25) is 0 Å². The Balaban J connectivity index is 2.13. The SMILES string of the molecule is Cn1ccnc1C(O)(CC(=O)NNc1cccc(F)c1)C(F)(F)F. The lowest BCUT2D eigenvalue weighted by Crippen LogP contribution is -2.48. The van der Waals surface area contributed by atoms with E-state index in [4.69, 9.17) is 0 Å². The number of amides is 1. The molecule has 1 aromatic carbocycles. The van der Waals surface area contributed by atoms with Gasteiger partial charge < -0.3 is 9.67 Å². The summed E-state index contributed by atoms with van der Waals surface area (Å²) < 4.78 is 53.8. The van der Waals surface area contributed by atoms with E-state index in [0.29, 0.717) is 0 Å². The number of hydrogen-bond acceptors (Lipinski definition) is 4. The van der Waals surface area contributed by atoms with Crippen molar-refractivity contribution < 1.29 is 27.5 Å². The van der Waals surface area contributed by atoms with E-state index in [0.717, 1.165) is 22.9 Å². The van der Waals surface area contributed by atoms with E-state index in [1.807, 2.05) is 5.43 Å². The molecule has 2 aromatic rings. The number of halogens is 4. The molecule has 10 heteroatoms. The van der Waals surface area contributed by atoms with E-state index < -0.39 is 35.7 Å². The second-order valence-electron chi connectivity index (χ2n) is 5.08. The van der Waals surface area contributed by atoms with Gasteiger partial charge in [0.15, 0.2) is 5.82 Å². The van der Waals surface area contributed by atoms with Gasteiger partial charge in [-0.1, -0.05) is 6.07 Å². The lowest BCUT2D eigenvalue weighted by Gasteiger charge is -2.29. The van der Waals surface area contributed by atoms with Gasteiger partial charge in [0.2, 0.25) is 11.5 Å². The van der Waals surface area contributed by atoms with Gasteiger partial charge in [0.1, 0.15) is 5.82 Å². The molecule has 2 rings (SSSR count). The molecule has 0 saturated heterocycles. The van der Waals surface area contributed by atoms with Gasteiger partial charge in [-0.05, 0) is 18.2 Å². The number of aryl methyl sites for hydroxylation is 1. The van der Waals surface area contributed by atoms with Crippen LogP contribution in [0.5, 0.6) is 0 Å². The van der Waals surface area contributed by atoms with Crippen molar-refractivity contribution in [2.75, 3.05) is 5.43 Å². The van der Waals surface area contributed by atoms with Crippen LogP contribution in [0.3, 0.4) is 0 Å². The number of rotatable bonds is 5. The molecule has 1 atom stereocenters. The number of aliphatic hydroxyl groups is 1. The quantitative estimate of drug-likeness (QED) is 0.570. The summed E-state index contributed by atoms with van der Waals surface area (Å²) in [5.41, 5.74) is 0.932. The van der Waals surface area contributed by atoms with E-state index in [1.165, 1.54) is 25.4 Å². The van der Waals surface area contributed by atoms with Crippen molar-refractivity contribution in [2.45, 2.75) is 18.2 Å². The largest absolute Gasteiger partial charge is 0.425 e. The van der Waals surface area contributed by atoms with Gasteiger partial charge >= 0.3 is 6.18 Å². The van der Waals surface area contributed by atoms with Crippen molar-refractivity contribution >= 4 is 11.6 Å². The molecule has 1 unspecified atom stereocenters. The number of imidazole rings is 1. The minimum Gasteiger partial charge on any atom is -0.374 e. The smallest absolute Gasteiger partial charge is 0.374 e. The Morgan fingerprint density at radius 1 is 1.38 bits per heavy atom. The number of aromatic nitrogens is 2. The molecule has 0 aliphatic heterocycles. The number of alkyl halides is 3. The number of carbonyl (C=O) groups is 1. The molecule has 24 heavy (non-hydrogen) atoms. The third kappa shape index (κ3) is 3.65. The van der Waals surface area contributed by atoms with E-state index in [-0.39, 0.29) is 5.69 Å². The Morgan fingerprint density at radius 3 is 2.62 bits per heavy atom. The van der Waals surface area contributed by atoms with Crippen LogP contribution in [-0.4, -0.2) is 26.7 Å². The summed E-state index contributed by atoms with van der Waals surface area (Å²) in [6, 6.07) is 4.95. The average molecular weight is 346 g/mol. The molecule has 130 valence electrons. The summed E-state index contributed by atoms with van der Waals surface area (Å²) in [5.74, 6) is -2.45. The molecule has 0 spiro atoms. The molecule has 1 heterocycles. The highest BCUT2D eigenvalue weighted by atomic mass is 19.4. The van der Waals surface area contributed by atoms with Crippen molar-refractivity contribution in [2.24, 2.45) is 7.05 Å². The number of carbonyl (C=O) groups excluding carboxylic acids is 1. The van der Waals surface area contributed by atoms with Crippen molar-refractivity contribution in [3.63, 3.8) is 0 Å². The van der Waals surface area contributed by atoms with Crippen LogP contribution >= 0.6 is 0 Å². The molecule has 0 saturated carbocycles. The highest BCUT2D eigenvalue weighted by Crippen LogP contribution is 2.40. The Kier molecular flexibility index (Phi) is 4.78. The normalized spacial score (nSPS) is 14.1. The lowest BCUT2D eigenvalue weighted by molar-refractivity contribution is -0.271. The standard InChI is InChI=1S/C14H14F4N4O2/c1-22-6-5-19-12(22)13(24,14(16,17)18)8-11(23)21-20-10-4-2-3-9(15)7-10/h2-7,20,24H,8H2,1H3,(H,21,23). The fraction of sp³-hybridized carbons (Fsp3) is 0.286. The molecular formula is C14H14F4N4O2. The minimum atomic E-state index is -5.12. The van der Waals surface area contributed by atoms with E-state index in [9.17, 15) is 27.5 Å². The fourth-order valence-corrected chi connectivity index (χ4v) is 2.05. The Morgan fingerprint density at radius 2 is 2.08 bits per heavy atom. The van der Waals surface area contributed by atoms with Gasteiger partial charge in [-0.2, -0.15) is 13.2 Å². The number of nitrogens with one attached hydrogen (secondary N) is 2. The zero-order chi connectivity index (χ0) is 18.0. The molecule has 0 fully saturated rings. The molecule has 0 bridgehead atoms. The van der Waals surface area contributed by atoms with Crippen molar-refractivity contribution in [3.05, 3.63) is 48.3 Å². The first-order valence-electron chi connectivity index (χ1n) is 6.71. The van der Waals surface area contributed by atoms with Gasteiger partial charge in [0.05, 0.1) is 12.1 Å². The van der Waals surface area contributed by atoms with E-state index in [2.05, 4.69) is 10.4 Å². The summed E-state index contributed by atoms with van der Waals surface area (Å²) in [4.78, 5) is 15.3. The first kappa shape index (κ1) is 17.7. The Hall–Kier alpha value is -2.62. The summed E-state index contributed by atoms with van der Waals surface area (Å²) >= 11 is 0. The first-order chi connectivity index (χ1) is 11.1. The predicted octanol–water partition coefficient (Wildman–Crippen LogP) is 1.84. The molecule has 0 aliphatic carbocycles. The van der Waals surface area contributed by atoms with Crippen molar-refractivity contribution in [1.82, 2.24) is 15.0 Å². The molecule has 3 N–H and O–H groups in total. The third-order valence-electron chi connectivity index (χ3n) is 3.25. The Bertz CT molecular complexity index is 732. The number of benzene rings is 1. The topological polar surface area (TPSA) is 79.2 Å². The number of anilines is 1. The second kappa shape index (κ2) is 6.48. The monoisotopic (exact) mass is 346 g/mol. The predicted molar refractivity (Wildman–Crippen MR) is 75.9 cm³/mol. The summed E-state index contributed by atoms with van der Waals surface area (Å²) in [5, 5.41) is 10.0. The first-order valence-corrected chi connectivity index (χ1v) is 6.71. The van der Waals surface area contributed by atoms with Crippen LogP contribution in [-0.2, 0) is 17.4 Å². The maximum atomic E-state index is 13.3. The van der Waals surface area contributed by atoms with Crippen molar-refractivity contribution in [1.29, 1.82) is 0 Å². The highest BCUT2D eigenvalue weighted by molar-refractivity contribution is 5.78. The highest BCUT2D eigenvalue weighted by Gasteiger charge is 2.58. The maximum Gasteiger partial charge on any atom is 0.425 e. The minimum absolute atomic E-state index is 0.135. The third-order valence-corrected chi connectivity index (χ3v) is 3.25. The zero-order valence-electron chi connectivity index (χ0n) is 12.4. The van der Waals surface area contributed by atoms with Gasteiger partial charge in [0.25, 0.3) is 0 Å². The molecule has 0 aliphatic rings. The van der Waals surface area contributed by atoms with Crippen LogP contribution in [0, 0.1) is 5.82 Å². The molecule has 0 radical (unpaired) electrons. The Labute approximate surface area is 134 Å². The summed E-state index contributed by atoms with van der Waals surface area (Å²) in [6.45, 7) is 0. The molecule has 1 amide bonds. The number of nitrogens with zero attached hydrogens (tertiary/aromatic N) is 2. The van der Waals surface area contributed by atoms with Gasteiger partial charge in [-0.25, -0.2) is 9.37 Å². The van der Waals surface area contributed by atoms with Crippen LogP contribution in [0.25, 0.3) is 0 Å². The maximum absolute atomic E-state index is 13.3. The molecule has 1 aromatic heterocycles. The fourth-order valence-electron chi connectivity index (χ4n) is 2.05.